The molecule has 0 unspecified atom stereocenters. The third-order valence-corrected chi connectivity index (χ3v) is 1.29. The van der Waals surface area contributed by atoms with Crippen LogP contribution in [0.3, 0.4) is 0 Å². The highest BCUT2D eigenvalue weighted by atomic mass is 16.4. The first-order valence-electron chi connectivity index (χ1n) is 2.76. The molecule has 0 radical (unpaired) electrons. The van der Waals surface area contributed by atoms with Crippen LogP contribution in [0.1, 0.15) is 0 Å². The van der Waals surface area contributed by atoms with Crippen molar-refractivity contribution in [2.45, 2.75) is 18.3 Å². The second-order valence-corrected chi connectivity index (χ2v) is 2.06. The molecule has 0 aromatic carbocycles. The Balaban J connectivity index is 2.58. The zero-order chi connectivity index (χ0) is 6.85. The van der Waals surface area contributed by atoms with Crippen molar-refractivity contribution < 1.29 is 15.3 Å². The van der Waals surface area contributed by atoms with Gasteiger partial charge in [-0.3, -0.25) is 4.99 Å². The lowest BCUT2D eigenvalue weighted by Gasteiger charge is -2.22. The van der Waals surface area contributed by atoms with Gasteiger partial charge in [-0.1, -0.05) is 0 Å². The fourth-order valence-electron chi connectivity index (χ4n) is 0.701. The van der Waals surface area contributed by atoms with Gasteiger partial charge in [0.05, 0.1) is 6.54 Å². The lowest BCUT2D eigenvalue weighted by atomic mass is 10.1. The summed E-state index contributed by atoms with van der Waals surface area (Å²) >= 11 is 0. The molecule has 0 aliphatic carbocycles. The van der Waals surface area contributed by atoms with E-state index in [1.54, 1.807) is 0 Å². The predicted molar refractivity (Wildman–Crippen MR) is 31.4 cm³/mol. The molecule has 1 heterocycles. The summed E-state index contributed by atoms with van der Waals surface area (Å²) in [5.41, 5.74) is 0. The maximum absolute atomic E-state index is 8.85. The van der Waals surface area contributed by atoms with E-state index in [0.29, 0.717) is 0 Å². The van der Waals surface area contributed by atoms with Crippen molar-refractivity contribution in [3.8, 4) is 0 Å². The Morgan fingerprint density at radius 2 is 2.00 bits per heavy atom. The molecular formula is C5H9NO3. The van der Waals surface area contributed by atoms with Crippen LogP contribution in [0.2, 0.25) is 0 Å². The summed E-state index contributed by atoms with van der Waals surface area (Å²) in [4.78, 5) is 3.60. The first kappa shape index (κ1) is 6.67. The van der Waals surface area contributed by atoms with Crippen molar-refractivity contribution in [1.82, 2.24) is 0 Å². The van der Waals surface area contributed by atoms with Gasteiger partial charge in [0.25, 0.3) is 0 Å². The smallest absolute Gasteiger partial charge is 0.117 e. The van der Waals surface area contributed by atoms with Gasteiger partial charge in [-0.15, -0.1) is 0 Å². The lowest BCUT2D eigenvalue weighted by Crippen LogP contribution is -2.43. The standard InChI is InChI=1S/C5H9NO3/c7-3-1-6-2-4(8)5(3)9/h1,3-5,7-9H,2H2/t3-,4+,5+/m0/s1. The zero-order valence-corrected chi connectivity index (χ0v) is 4.81. The number of aliphatic hydroxyl groups is 3. The molecule has 0 saturated carbocycles. The summed E-state index contributed by atoms with van der Waals surface area (Å²) in [5.74, 6) is 0. The molecular weight excluding hydrogens is 122 g/mol. The minimum Gasteiger partial charge on any atom is -0.388 e. The lowest BCUT2D eigenvalue weighted by molar-refractivity contribution is -0.0335. The molecule has 1 aliphatic rings. The van der Waals surface area contributed by atoms with E-state index in [9.17, 15) is 0 Å². The first-order valence-corrected chi connectivity index (χ1v) is 2.76. The van der Waals surface area contributed by atoms with E-state index >= 15 is 0 Å². The minimum absolute atomic E-state index is 0.179. The molecule has 52 valence electrons. The highest BCUT2D eigenvalue weighted by molar-refractivity contribution is 5.64. The van der Waals surface area contributed by atoms with E-state index in [-0.39, 0.29) is 6.54 Å². The largest absolute Gasteiger partial charge is 0.388 e. The highest BCUT2D eigenvalue weighted by Gasteiger charge is 2.25. The Bertz CT molecular complexity index is 125. The molecule has 3 N–H and O–H groups in total. The molecule has 3 atom stereocenters. The quantitative estimate of drug-likeness (QED) is 0.361. The average molecular weight is 131 g/mol. The van der Waals surface area contributed by atoms with Crippen LogP contribution in [0.4, 0.5) is 0 Å². The molecule has 0 aromatic rings. The Morgan fingerprint density at radius 1 is 1.33 bits per heavy atom. The Morgan fingerprint density at radius 3 is 2.44 bits per heavy atom. The summed E-state index contributed by atoms with van der Waals surface area (Å²) in [7, 11) is 0. The van der Waals surface area contributed by atoms with Gasteiger partial charge in [0.2, 0.25) is 0 Å². The Kier molecular flexibility index (Phi) is 1.80. The molecule has 4 heteroatoms. The number of nitrogens with zero attached hydrogens (tertiary/aromatic N) is 1. The molecule has 4 nitrogen and oxygen atoms in total. The second-order valence-electron chi connectivity index (χ2n) is 2.06. The molecule has 0 spiro atoms. The first-order chi connectivity index (χ1) is 4.22. The van der Waals surface area contributed by atoms with E-state index in [1.807, 2.05) is 0 Å². The topological polar surface area (TPSA) is 73.0 Å². The summed E-state index contributed by atoms with van der Waals surface area (Å²) in [6, 6.07) is 0. The normalized spacial score (nSPS) is 43.2. The maximum atomic E-state index is 8.85. The van der Waals surface area contributed by atoms with Gasteiger partial charge in [0.15, 0.2) is 0 Å². The van der Waals surface area contributed by atoms with E-state index in [1.165, 1.54) is 6.21 Å². The fourth-order valence-corrected chi connectivity index (χ4v) is 0.701. The SMILES string of the molecule is O[C@H]1[C@H](O)CN=C[C@@H]1O. The Hall–Kier alpha value is -0.450. The van der Waals surface area contributed by atoms with Crippen LogP contribution in [-0.2, 0) is 0 Å². The summed E-state index contributed by atoms with van der Waals surface area (Å²) < 4.78 is 0. The molecule has 9 heavy (non-hydrogen) atoms. The van der Waals surface area contributed by atoms with Gasteiger partial charge in [0, 0.05) is 6.21 Å². The van der Waals surface area contributed by atoms with Crippen LogP contribution in [0.25, 0.3) is 0 Å². The third kappa shape index (κ3) is 1.27. The van der Waals surface area contributed by atoms with Crippen LogP contribution < -0.4 is 0 Å². The number of hydrogen-bond donors (Lipinski definition) is 3. The van der Waals surface area contributed by atoms with Gasteiger partial charge in [-0.25, -0.2) is 0 Å². The molecule has 1 aliphatic heterocycles. The Labute approximate surface area is 52.5 Å². The van der Waals surface area contributed by atoms with Crippen LogP contribution in [0.15, 0.2) is 4.99 Å². The van der Waals surface area contributed by atoms with Gasteiger partial charge >= 0.3 is 0 Å². The van der Waals surface area contributed by atoms with E-state index in [2.05, 4.69) is 4.99 Å². The number of hydrogen-bond acceptors (Lipinski definition) is 4. The monoisotopic (exact) mass is 131 g/mol. The third-order valence-electron chi connectivity index (χ3n) is 1.29. The number of aliphatic imine (C=N–C) groups is 1. The second kappa shape index (κ2) is 2.43. The number of aliphatic hydroxyl groups excluding tert-OH is 3. The van der Waals surface area contributed by atoms with E-state index < -0.39 is 18.3 Å². The van der Waals surface area contributed by atoms with Crippen LogP contribution >= 0.6 is 0 Å². The number of rotatable bonds is 0. The van der Waals surface area contributed by atoms with E-state index in [4.69, 9.17) is 15.3 Å². The predicted octanol–water partition coefficient (Wildman–Crippen LogP) is -1.85. The average Bonchev–Trinajstić information content (AvgIpc) is 1.83. The van der Waals surface area contributed by atoms with Crippen molar-refractivity contribution >= 4 is 6.21 Å². The molecule has 0 bridgehead atoms. The van der Waals surface area contributed by atoms with Crippen molar-refractivity contribution in [2.24, 2.45) is 4.99 Å². The molecule has 1 rings (SSSR count). The maximum Gasteiger partial charge on any atom is 0.117 e. The van der Waals surface area contributed by atoms with Crippen LogP contribution in [-0.4, -0.2) is 46.4 Å². The molecule has 0 amide bonds. The van der Waals surface area contributed by atoms with Crippen molar-refractivity contribution in [2.75, 3.05) is 6.54 Å². The summed E-state index contributed by atoms with van der Waals surface area (Å²) in [5, 5.41) is 26.5. The zero-order valence-electron chi connectivity index (χ0n) is 4.81. The highest BCUT2D eigenvalue weighted by Crippen LogP contribution is 2.03. The van der Waals surface area contributed by atoms with Gasteiger partial charge in [-0.2, -0.15) is 0 Å². The van der Waals surface area contributed by atoms with Gasteiger partial charge in [0.1, 0.15) is 18.3 Å². The molecule has 0 saturated heterocycles. The van der Waals surface area contributed by atoms with Crippen LogP contribution in [0, 0.1) is 0 Å². The van der Waals surface area contributed by atoms with Crippen molar-refractivity contribution in [1.29, 1.82) is 0 Å². The van der Waals surface area contributed by atoms with Crippen molar-refractivity contribution in [3.63, 3.8) is 0 Å². The minimum atomic E-state index is -1.07. The molecule has 0 aromatic heterocycles. The van der Waals surface area contributed by atoms with E-state index in [0.717, 1.165) is 0 Å². The summed E-state index contributed by atoms with van der Waals surface area (Å²) in [6.07, 6.45) is -1.75. The summed E-state index contributed by atoms with van der Waals surface area (Å²) in [6.45, 7) is 0.179. The van der Waals surface area contributed by atoms with Gasteiger partial charge < -0.3 is 15.3 Å². The van der Waals surface area contributed by atoms with Crippen molar-refractivity contribution in [3.05, 3.63) is 0 Å². The fraction of sp³-hybridized carbons (Fsp3) is 0.800. The van der Waals surface area contributed by atoms with Gasteiger partial charge in [-0.05, 0) is 0 Å². The molecule has 0 fully saturated rings. The van der Waals surface area contributed by atoms with Crippen LogP contribution in [0.5, 0.6) is 0 Å².